The molecule has 0 saturated heterocycles. The third-order valence-electron chi connectivity index (χ3n) is 5.88. The number of nitrogens with one attached hydrogen (secondary N) is 1. The molecule has 2 aromatic heterocycles. The first-order valence-corrected chi connectivity index (χ1v) is 11.6. The molecule has 0 aliphatic rings. The molecule has 1 N–H and O–H groups in total. The molecule has 0 radical (unpaired) electrons. The summed E-state index contributed by atoms with van der Waals surface area (Å²) in [6.45, 7) is 4.29. The van der Waals surface area contributed by atoms with E-state index in [1.165, 1.54) is 6.92 Å². The molecule has 0 aliphatic carbocycles. The molecule has 0 unspecified atom stereocenters. The van der Waals surface area contributed by atoms with Crippen molar-refractivity contribution in [3.8, 4) is 0 Å². The van der Waals surface area contributed by atoms with Crippen LogP contribution in [0.1, 0.15) is 13.3 Å². The predicted octanol–water partition coefficient (Wildman–Crippen LogP) is 3.64. The highest BCUT2D eigenvalue weighted by molar-refractivity contribution is 6.20. The van der Waals surface area contributed by atoms with E-state index in [0.29, 0.717) is 57.9 Å². The SMILES string of the molecule is CC(=O)NCCOCCOCCn1ccc2c(ccc3c2c2ccccc2n3CCCF)c1=O. The van der Waals surface area contributed by atoms with E-state index in [1.54, 1.807) is 4.57 Å². The van der Waals surface area contributed by atoms with E-state index in [-0.39, 0.29) is 18.1 Å². The van der Waals surface area contributed by atoms with Crippen LogP contribution in [0, 0.1) is 0 Å². The summed E-state index contributed by atoms with van der Waals surface area (Å²) >= 11 is 0. The fourth-order valence-corrected chi connectivity index (χ4v) is 4.33. The molecule has 2 aromatic carbocycles. The van der Waals surface area contributed by atoms with Crippen LogP contribution < -0.4 is 10.9 Å². The highest BCUT2D eigenvalue weighted by atomic mass is 19.1. The van der Waals surface area contributed by atoms with Crippen molar-refractivity contribution in [2.45, 2.75) is 26.4 Å². The van der Waals surface area contributed by atoms with Crippen molar-refractivity contribution in [3.63, 3.8) is 0 Å². The minimum Gasteiger partial charge on any atom is -0.377 e. The molecular weight excluding hydrogens is 437 g/mol. The molecule has 0 spiro atoms. The number of rotatable bonds is 12. The Labute approximate surface area is 197 Å². The molecule has 4 aromatic rings. The van der Waals surface area contributed by atoms with Crippen LogP contribution in [0.2, 0.25) is 0 Å². The standard InChI is InChI=1S/C26H30FN3O4/c1-19(31)28-11-15-33-17-18-34-16-14-29-13-9-20-21(26(29)32)7-8-24-25(20)22-5-2-3-6-23(22)30(24)12-4-10-27/h2-3,5-9,13H,4,10-12,14-18H2,1H3,(H,28,31). The number of carbonyl (C=O) groups is 1. The first-order valence-electron chi connectivity index (χ1n) is 11.6. The zero-order chi connectivity index (χ0) is 23.9. The lowest BCUT2D eigenvalue weighted by atomic mass is 10.1. The Morgan fingerprint density at radius 2 is 1.71 bits per heavy atom. The van der Waals surface area contributed by atoms with Crippen LogP contribution in [0.5, 0.6) is 0 Å². The van der Waals surface area contributed by atoms with Gasteiger partial charge in [-0.3, -0.25) is 14.0 Å². The number of benzene rings is 2. The van der Waals surface area contributed by atoms with Gasteiger partial charge in [0.15, 0.2) is 0 Å². The van der Waals surface area contributed by atoms with Gasteiger partial charge in [0.2, 0.25) is 5.91 Å². The van der Waals surface area contributed by atoms with Crippen LogP contribution >= 0.6 is 0 Å². The molecule has 34 heavy (non-hydrogen) atoms. The first-order chi connectivity index (χ1) is 16.6. The molecule has 7 nitrogen and oxygen atoms in total. The van der Waals surface area contributed by atoms with Gasteiger partial charge in [0.1, 0.15) is 0 Å². The van der Waals surface area contributed by atoms with Gasteiger partial charge in [-0.15, -0.1) is 0 Å². The van der Waals surface area contributed by atoms with Gasteiger partial charge in [-0.25, -0.2) is 0 Å². The number of halogens is 1. The minimum atomic E-state index is -0.364. The number of hydrogen-bond donors (Lipinski definition) is 1. The summed E-state index contributed by atoms with van der Waals surface area (Å²) in [5.41, 5.74) is 2.01. The Hall–Kier alpha value is -3.23. The number of hydrogen-bond acceptors (Lipinski definition) is 4. The largest absolute Gasteiger partial charge is 0.377 e. The fraction of sp³-hybridized carbons (Fsp3) is 0.385. The van der Waals surface area contributed by atoms with Crippen LogP contribution in [0.4, 0.5) is 4.39 Å². The number of ether oxygens (including phenoxy) is 2. The number of nitrogens with zero attached hydrogens (tertiary/aromatic N) is 2. The van der Waals surface area contributed by atoms with Crippen LogP contribution in [0.25, 0.3) is 32.6 Å². The van der Waals surface area contributed by atoms with Crippen molar-refractivity contribution >= 4 is 38.5 Å². The van der Waals surface area contributed by atoms with Crippen LogP contribution in [0.15, 0.2) is 53.5 Å². The quantitative estimate of drug-likeness (QED) is 0.323. The van der Waals surface area contributed by atoms with E-state index < -0.39 is 0 Å². The maximum Gasteiger partial charge on any atom is 0.258 e. The highest BCUT2D eigenvalue weighted by Crippen LogP contribution is 2.34. The van der Waals surface area contributed by atoms with E-state index in [1.807, 2.05) is 42.6 Å². The summed E-state index contributed by atoms with van der Waals surface area (Å²) in [5, 5.41) is 6.33. The van der Waals surface area contributed by atoms with Crippen molar-refractivity contribution in [2.75, 3.05) is 39.6 Å². The molecule has 0 fully saturated rings. The van der Waals surface area contributed by atoms with E-state index in [0.717, 1.165) is 27.2 Å². The van der Waals surface area contributed by atoms with Crippen molar-refractivity contribution in [1.82, 2.24) is 14.5 Å². The van der Waals surface area contributed by atoms with Crippen LogP contribution in [0.3, 0.4) is 0 Å². The number of pyridine rings is 1. The Morgan fingerprint density at radius 1 is 0.912 bits per heavy atom. The normalized spacial score (nSPS) is 11.6. The third-order valence-corrected chi connectivity index (χ3v) is 5.88. The second kappa shape index (κ2) is 11.3. The van der Waals surface area contributed by atoms with E-state index in [4.69, 9.17) is 9.47 Å². The molecular formula is C26H30FN3O4. The van der Waals surface area contributed by atoms with E-state index >= 15 is 0 Å². The maximum absolute atomic E-state index is 13.2. The average Bonchev–Trinajstić information content (AvgIpc) is 3.16. The van der Waals surface area contributed by atoms with Crippen molar-refractivity contribution in [1.29, 1.82) is 0 Å². The van der Waals surface area contributed by atoms with Crippen molar-refractivity contribution in [2.24, 2.45) is 0 Å². The summed E-state index contributed by atoms with van der Waals surface area (Å²) in [7, 11) is 0. The summed E-state index contributed by atoms with van der Waals surface area (Å²) in [4.78, 5) is 24.0. The van der Waals surface area contributed by atoms with Gasteiger partial charge in [-0.1, -0.05) is 18.2 Å². The summed E-state index contributed by atoms with van der Waals surface area (Å²) in [5.74, 6) is -0.0797. The molecule has 2 heterocycles. The van der Waals surface area contributed by atoms with Gasteiger partial charge < -0.3 is 23.9 Å². The van der Waals surface area contributed by atoms with E-state index in [9.17, 15) is 14.0 Å². The molecule has 4 rings (SSSR count). The van der Waals surface area contributed by atoms with Gasteiger partial charge in [-0.2, -0.15) is 0 Å². The lowest BCUT2D eigenvalue weighted by Crippen LogP contribution is -2.25. The number of para-hydroxylation sites is 1. The summed E-state index contributed by atoms with van der Waals surface area (Å²) in [6, 6.07) is 13.9. The van der Waals surface area contributed by atoms with Gasteiger partial charge in [0, 0.05) is 59.9 Å². The number of alkyl halides is 1. The zero-order valence-electron chi connectivity index (χ0n) is 19.4. The number of aryl methyl sites for hydroxylation is 1. The van der Waals surface area contributed by atoms with Crippen LogP contribution in [-0.4, -0.2) is 54.7 Å². The zero-order valence-corrected chi connectivity index (χ0v) is 19.4. The third kappa shape index (κ3) is 5.13. The minimum absolute atomic E-state index is 0.0600. The smallest absolute Gasteiger partial charge is 0.258 e. The van der Waals surface area contributed by atoms with Crippen molar-refractivity contribution in [3.05, 3.63) is 59.0 Å². The second-order valence-corrected chi connectivity index (χ2v) is 8.15. The average molecular weight is 468 g/mol. The summed E-state index contributed by atoms with van der Waals surface area (Å²) < 4.78 is 27.7. The van der Waals surface area contributed by atoms with Gasteiger partial charge in [0.25, 0.3) is 5.56 Å². The Kier molecular flexibility index (Phi) is 7.92. The topological polar surface area (TPSA) is 74.5 Å². The second-order valence-electron chi connectivity index (χ2n) is 8.15. The monoisotopic (exact) mass is 467 g/mol. The van der Waals surface area contributed by atoms with E-state index in [2.05, 4.69) is 16.0 Å². The van der Waals surface area contributed by atoms with Gasteiger partial charge in [-0.05, 0) is 36.1 Å². The number of fused-ring (bicyclic) bond motifs is 5. The Morgan fingerprint density at radius 3 is 2.50 bits per heavy atom. The number of aromatic nitrogens is 2. The van der Waals surface area contributed by atoms with Gasteiger partial charge >= 0.3 is 0 Å². The first kappa shape index (κ1) is 23.9. The molecule has 0 atom stereocenters. The Balaban J connectivity index is 1.48. The van der Waals surface area contributed by atoms with Crippen LogP contribution in [-0.2, 0) is 27.4 Å². The van der Waals surface area contributed by atoms with Gasteiger partial charge in [0.05, 0.1) is 33.1 Å². The fourth-order valence-electron chi connectivity index (χ4n) is 4.33. The highest BCUT2D eigenvalue weighted by Gasteiger charge is 2.14. The lowest BCUT2D eigenvalue weighted by Gasteiger charge is -2.10. The van der Waals surface area contributed by atoms with Crippen molar-refractivity contribution < 1.29 is 18.7 Å². The molecule has 0 aliphatic heterocycles. The summed E-state index contributed by atoms with van der Waals surface area (Å²) in [6.07, 6.45) is 2.26. The number of carbonyl (C=O) groups excluding carboxylic acids is 1. The maximum atomic E-state index is 13.2. The predicted molar refractivity (Wildman–Crippen MR) is 132 cm³/mol. The lowest BCUT2D eigenvalue weighted by molar-refractivity contribution is -0.119. The molecule has 0 saturated carbocycles. The number of amides is 1. The Bertz CT molecular complexity index is 1340. The molecule has 180 valence electrons. The molecule has 8 heteroatoms. The molecule has 0 bridgehead atoms. The molecule has 1 amide bonds.